The molecule has 0 saturated carbocycles. The monoisotopic (exact) mass is 392 g/mol. The first-order valence-electron chi connectivity index (χ1n) is 5.93. The van der Waals surface area contributed by atoms with Crippen LogP contribution in [0.4, 0.5) is 5.82 Å². The third kappa shape index (κ3) is 1.97. The van der Waals surface area contributed by atoms with Crippen molar-refractivity contribution in [2.45, 2.75) is 24.5 Å². The van der Waals surface area contributed by atoms with E-state index in [1.54, 1.807) is 10.8 Å². The first-order chi connectivity index (χ1) is 9.54. The van der Waals surface area contributed by atoms with Crippen LogP contribution < -0.4 is 5.73 Å². The van der Waals surface area contributed by atoms with Crippen molar-refractivity contribution >= 4 is 39.4 Å². The van der Waals surface area contributed by atoms with Gasteiger partial charge < -0.3 is 30.4 Å². The van der Waals surface area contributed by atoms with Gasteiger partial charge in [0.05, 0.1) is 12.0 Å². The van der Waals surface area contributed by atoms with E-state index in [4.69, 9.17) is 15.6 Å². The third-order valence-corrected chi connectivity index (χ3v) is 4.20. The Labute approximate surface area is 127 Å². The smallest absolute Gasteiger partial charge is 0.164 e. The van der Waals surface area contributed by atoms with Gasteiger partial charge in [-0.05, 0) is 22.6 Å². The van der Waals surface area contributed by atoms with Crippen molar-refractivity contribution < 1.29 is 20.1 Å². The van der Waals surface area contributed by atoms with Crippen LogP contribution in [0.25, 0.3) is 11.0 Å². The fourth-order valence-electron chi connectivity index (χ4n) is 2.37. The summed E-state index contributed by atoms with van der Waals surface area (Å²) in [6.07, 6.45) is -0.928. The minimum absolute atomic E-state index is 0.338. The van der Waals surface area contributed by atoms with Crippen LogP contribution in [0, 0.1) is 3.57 Å². The number of rotatable bonds is 2. The Morgan fingerprint density at radius 1 is 1.35 bits per heavy atom. The topological polar surface area (TPSA) is 127 Å². The van der Waals surface area contributed by atoms with Crippen molar-refractivity contribution in [3.8, 4) is 0 Å². The van der Waals surface area contributed by atoms with Gasteiger partial charge in [-0.25, -0.2) is 9.97 Å². The molecule has 0 aliphatic carbocycles. The van der Waals surface area contributed by atoms with Gasteiger partial charge in [-0.3, -0.25) is 0 Å². The van der Waals surface area contributed by atoms with E-state index in [0.29, 0.717) is 16.9 Å². The van der Waals surface area contributed by atoms with Crippen LogP contribution in [0.1, 0.15) is 6.23 Å². The number of nitrogen functional groups attached to an aromatic ring is 1. The molecule has 9 heteroatoms. The summed E-state index contributed by atoms with van der Waals surface area (Å²) in [4.78, 5) is 8.08. The van der Waals surface area contributed by atoms with Gasteiger partial charge in [0.25, 0.3) is 0 Å². The van der Waals surface area contributed by atoms with Gasteiger partial charge in [0.1, 0.15) is 36.1 Å². The average molecular weight is 392 g/mol. The molecule has 5 N–H and O–H groups in total. The number of nitrogens with zero attached hydrogens (tertiary/aromatic N) is 3. The summed E-state index contributed by atoms with van der Waals surface area (Å²) in [5.41, 5.74) is 6.33. The van der Waals surface area contributed by atoms with Crippen molar-refractivity contribution in [2.75, 3.05) is 12.3 Å². The summed E-state index contributed by atoms with van der Waals surface area (Å²) in [6, 6.07) is 0. The van der Waals surface area contributed by atoms with Gasteiger partial charge >= 0.3 is 0 Å². The summed E-state index contributed by atoms with van der Waals surface area (Å²) in [5, 5.41) is 29.7. The standard InChI is InChI=1S/C11H13IN4O4/c12-4-1-16(10-6(4)9(13)14-3-15-10)11-8(19)7(18)5(2-17)20-11/h1,3,5,7-8,11,17-19H,2H2,(H2,13,14,15)/t5?,7-,8-,11-/m1/s1. The molecule has 1 saturated heterocycles. The van der Waals surface area contributed by atoms with E-state index >= 15 is 0 Å². The molecule has 0 radical (unpaired) electrons. The summed E-state index contributed by atoms with van der Waals surface area (Å²) < 4.78 is 7.90. The molecule has 4 atom stereocenters. The van der Waals surface area contributed by atoms with E-state index in [1.807, 2.05) is 0 Å². The molecule has 1 unspecified atom stereocenters. The lowest BCUT2D eigenvalue weighted by molar-refractivity contribution is -0.0509. The second kappa shape index (κ2) is 5.07. The molecular weight excluding hydrogens is 379 g/mol. The second-order valence-corrected chi connectivity index (χ2v) is 5.73. The van der Waals surface area contributed by atoms with Crippen LogP contribution in [-0.4, -0.2) is 54.8 Å². The Morgan fingerprint density at radius 2 is 2.10 bits per heavy atom. The van der Waals surface area contributed by atoms with Gasteiger partial charge in [0.2, 0.25) is 0 Å². The molecule has 20 heavy (non-hydrogen) atoms. The molecule has 3 heterocycles. The summed E-state index contributed by atoms with van der Waals surface area (Å²) in [6.45, 7) is -0.373. The molecule has 1 aliphatic heterocycles. The van der Waals surface area contributed by atoms with Crippen molar-refractivity contribution in [1.82, 2.24) is 14.5 Å². The lowest BCUT2D eigenvalue weighted by Gasteiger charge is -2.17. The largest absolute Gasteiger partial charge is 0.394 e. The Bertz CT molecular complexity index is 649. The second-order valence-electron chi connectivity index (χ2n) is 4.57. The van der Waals surface area contributed by atoms with Crippen molar-refractivity contribution in [2.24, 2.45) is 0 Å². The van der Waals surface area contributed by atoms with Crippen LogP contribution in [0.3, 0.4) is 0 Å². The van der Waals surface area contributed by atoms with Gasteiger partial charge in [-0.1, -0.05) is 0 Å². The maximum atomic E-state index is 10.1. The van der Waals surface area contributed by atoms with Crippen molar-refractivity contribution in [1.29, 1.82) is 0 Å². The lowest BCUT2D eigenvalue weighted by atomic mass is 10.1. The van der Waals surface area contributed by atoms with Crippen LogP contribution >= 0.6 is 22.6 Å². The highest BCUT2D eigenvalue weighted by Crippen LogP contribution is 2.34. The molecular formula is C11H13IN4O4. The number of halogens is 1. The van der Waals surface area contributed by atoms with E-state index in [1.165, 1.54) is 6.33 Å². The van der Waals surface area contributed by atoms with Crippen molar-refractivity contribution in [3.05, 3.63) is 16.1 Å². The predicted octanol–water partition coefficient (Wildman–Crippen LogP) is -0.770. The number of ether oxygens (including phenoxy) is 1. The minimum atomic E-state index is -1.16. The van der Waals surface area contributed by atoms with Crippen LogP contribution in [0.5, 0.6) is 0 Å². The first-order valence-corrected chi connectivity index (χ1v) is 7.01. The summed E-state index contributed by atoms with van der Waals surface area (Å²) in [7, 11) is 0. The average Bonchev–Trinajstić information content (AvgIpc) is 2.90. The molecule has 108 valence electrons. The molecule has 2 aromatic heterocycles. The highest BCUT2D eigenvalue weighted by molar-refractivity contribution is 14.1. The van der Waals surface area contributed by atoms with Gasteiger partial charge in [-0.2, -0.15) is 0 Å². The number of anilines is 1. The Balaban J connectivity index is 2.10. The Morgan fingerprint density at radius 3 is 2.75 bits per heavy atom. The van der Waals surface area contributed by atoms with Gasteiger partial charge in [0, 0.05) is 9.77 Å². The van der Waals surface area contributed by atoms with E-state index < -0.39 is 24.5 Å². The van der Waals surface area contributed by atoms with Gasteiger partial charge in [-0.15, -0.1) is 0 Å². The Hall–Kier alpha value is -1.01. The van der Waals surface area contributed by atoms with Gasteiger partial charge in [0.15, 0.2) is 6.23 Å². The van der Waals surface area contributed by atoms with E-state index in [2.05, 4.69) is 32.6 Å². The van der Waals surface area contributed by atoms with Crippen LogP contribution in [-0.2, 0) is 4.74 Å². The number of aromatic nitrogens is 3. The molecule has 0 amide bonds. The van der Waals surface area contributed by atoms with E-state index in [-0.39, 0.29) is 6.61 Å². The number of aliphatic hydroxyl groups excluding tert-OH is 3. The van der Waals surface area contributed by atoms with E-state index in [9.17, 15) is 10.2 Å². The molecule has 0 aromatic carbocycles. The molecule has 1 aliphatic rings. The minimum Gasteiger partial charge on any atom is -0.394 e. The molecule has 3 rings (SSSR count). The van der Waals surface area contributed by atoms with Crippen LogP contribution in [0.2, 0.25) is 0 Å². The summed E-state index contributed by atoms with van der Waals surface area (Å²) >= 11 is 2.09. The zero-order valence-corrected chi connectivity index (χ0v) is 12.4. The maximum Gasteiger partial charge on any atom is 0.164 e. The molecule has 0 bridgehead atoms. The number of fused-ring (bicyclic) bond motifs is 1. The fraction of sp³-hybridized carbons (Fsp3) is 0.455. The maximum absolute atomic E-state index is 10.1. The zero-order chi connectivity index (χ0) is 14.4. The molecule has 1 fully saturated rings. The number of hydrogen-bond acceptors (Lipinski definition) is 7. The first kappa shape index (κ1) is 13.9. The normalized spacial score (nSPS) is 30.2. The fourth-order valence-corrected chi connectivity index (χ4v) is 3.18. The van der Waals surface area contributed by atoms with E-state index in [0.717, 1.165) is 3.57 Å². The molecule has 0 spiro atoms. The highest BCUT2D eigenvalue weighted by atomic mass is 127. The summed E-state index contributed by atoms with van der Waals surface area (Å²) in [5.74, 6) is 0.338. The lowest BCUT2D eigenvalue weighted by Crippen LogP contribution is -2.33. The SMILES string of the molecule is Nc1ncnc2c1c(I)cn2[C@@H]1OC(CO)[C@@H](O)[C@H]1O. The number of aliphatic hydroxyl groups is 3. The quantitative estimate of drug-likeness (QED) is 0.495. The zero-order valence-electron chi connectivity index (χ0n) is 10.2. The number of nitrogens with two attached hydrogens (primary N) is 1. The predicted molar refractivity (Wildman–Crippen MR) is 77.7 cm³/mol. The van der Waals surface area contributed by atoms with Crippen molar-refractivity contribution in [3.63, 3.8) is 0 Å². The highest BCUT2D eigenvalue weighted by Gasteiger charge is 2.44. The van der Waals surface area contributed by atoms with Crippen LogP contribution in [0.15, 0.2) is 12.5 Å². The number of hydrogen-bond donors (Lipinski definition) is 4. The Kier molecular flexibility index (Phi) is 3.54. The third-order valence-electron chi connectivity index (χ3n) is 3.38. The molecule has 8 nitrogen and oxygen atoms in total. The molecule has 2 aromatic rings.